The third-order valence-corrected chi connectivity index (χ3v) is 4.31. The van der Waals surface area contributed by atoms with Crippen LogP contribution in [0.15, 0.2) is 21.0 Å². The number of aromatic nitrogens is 1. The SMILES string of the molecule is CCCc1nc(C)c(C(=O)N2CCCC2c2ccc(COC)o2)o1. The number of carbonyl (C=O) groups is 1. The van der Waals surface area contributed by atoms with Gasteiger partial charge in [0, 0.05) is 20.1 Å². The van der Waals surface area contributed by atoms with Gasteiger partial charge in [-0.1, -0.05) is 6.92 Å². The highest BCUT2D eigenvalue weighted by atomic mass is 16.5. The summed E-state index contributed by atoms with van der Waals surface area (Å²) in [5.74, 6) is 2.46. The van der Waals surface area contributed by atoms with Gasteiger partial charge in [0.05, 0.1) is 11.7 Å². The third kappa shape index (κ3) is 3.24. The molecule has 0 N–H and O–H groups in total. The zero-order chi connectivity index (χ0) is 17.1. The molecule has 3 heterocycles. The van der Waals surface area contributed by atoms with E-state index in [9.17, 15) is 4.79 Å². The summed E-state index contributed by atoms with van der Waals surface area (Å²) in [6, 6.07) is 3.78. The highest BCUT2D eigenvalue weighted by molar-refractivity contribution is 5.92. The lowest BCUT2D eigenvalue weighted by atomic mass is 10.1. The van der Waals surface area contributed by atoms with Crippen LogP contribution in [0, 0.1) is 6.92 Å². The summed E-state index contributed by atoms with van der Waals surface area (Å²) in [7, 11) is 1.63. The highest BCUT2D eigenvalue weighted by Gasteiger charge is 2.35. The minimum absolute atomic E-state index is 0.0535. The Labute approximate surface area is 141 Å². The molecule has 1 atom stereocenters. The van der Waals surface area contributed by atoms with E-state index in [-0.39, 0.29) is 11.9 Å². The van der Waals surface area contributed by atoms with Crippen molar-refractivity contribution < 1.29 is 18.4 Å². The lowest BCUT2D eigenvalue weighted by Crippen LogP contribution is -2.30. The Morgan fingerprint density at radius 2 is 2.25 bits per heavy atom. The number of methoxy groups -OCH3 is 1. The lowest BCUT2D eigenvalue weighted by Gasteiger charge is -2.22. The molecule has 1 fully saturated rings. The zero-order valence-electron chi connectivity index (χ0n) is 14.5. The normalized spacial score (nSPS) is 17.6. The highest BCUT2D eigenvalue weighted by Crippen LogP contribution is 2.34. The average molecular weight is 332 g/mol. The first-order valence-electron chi connectivity index (χ1n) is 8.48. The van der Waals surface area contributed by atoms with Crippen LogP contribution >= 0.6 is 0 Å². The molecule has 0 aromatic carbocycles. The van der Waals surface area contributed by atoms with Crippen molar-refractivity contribution in [1.82, 2.24) is 9.88 Å². The largest absolute Gasteiger partial charge is 0.461 e. The summed E-state index contributed by atoms with van der Waals surface area (Å²) in [5.41, 5.74) is 0.661. The molecule has 6 heteroatoms. The number of hydrogen-bond acceptors (Lipinski definition) is 5. The van der Waals surface area contributed by atoms with Crippen LogP contribution in [-0.4, -0.2) is 29.4 Å². The Morgan fingerprint density at radius 3 is 3.00 bits per heavy atom. The Balaban J connectivity index is 1.80. The maximum atomic E-state index is 12.9. The van der Waals surface area contributed by atoms with E-state index in [4.69, 9.17) is 13.6 Å². The van der Waals surface area contributed by atoms with Crippen molar-refractivity contribution in [3.8, 4) is 0 Å². The number of aryl methyl sites for hydroxylation is 2. The number of likely N-dealkylation sites (tertiary alicyclic amines) is 1. The molecule has 130 valence electrons. The molecule has 0 radical (unpaired) electrons. The molecule has 1 aliphatic rings. The van der Waals surface area contributed by atoms with Crippen molar-refractivity contribution in [2.45, 2.75) is 52.2 Å². The Morgan fingerprint density at radius 1 is 1.42 bits per heavy atom. The van der Waals surface area contributed by atoms with Crippen molar-refractivity contribution >= 4 is 5.91 Å². The number of furan rings is 1. The number of amides is 1. The molecule has 2 aromatic rings. The van der Waals surface area contributed by atoms with Gasteiger partial charge in [0.25, 0.3) is 5.91 Å². The second-order valence-corrected chi connectivity index (χ2v) is 6.17. The summed E-state index contributed by atoms with van der Waals surface area (Å²) in [6.45, 7) is 5.02. The van der Waals surface area contributed by atoms with Crippen molar-refractivity contribution in [2.24, 2.45) is 0 Å². The summed E-state index contributed by atoms with van der Waals surface area (Å²) in [4.78, 5) is 19.1. The smallest absolute Gasteiger partial charge is 0.292 e. The Bertz CT molecular complexity index is 704. The molecule has 1 saturated heterocycles. The predicted octanol–water partition coefficient (Wildman–Crippen LogP) is 3.65. The fourth-order valence-electron chi connectivity index (χ4n) is 3.20. The fraction of sp³-hybridized carbons (Fsp3) is 0.556. The molecule has 2 aromatic heterocycles. The van der Waals surface area contributed by atoms with Crippen LogP contribution in [0.25, 0.3) is 0 Å². The Kier molecular flexibility index (Phi) is 5.04. The molecule has 0 spiro atoms. The van der Waals surface area contributed by atoms with Crippen LogP contribution in [0.4, 0.5) is 0 Å². The van der Waals surface area contributed by atoms with Crippen LogP contribution in [-0.2, 0) is 17.8 Å². The van der Waals surface area contributed by atoms with E-state index in [0.29, 0.717) is 30.5 Å². The molecule has 3 rings (SSSR count). The van der Waals surface area contributed by atoms with E-state index >= 15 is 0 Å². The standard InChI is InChI=1S/C18H24N2O4/c1-4-6-16-19-12(2)17(24-16)18(21)20-10-5-7-14(20)15-9-8-13(23-15)11-22-3/h8-9,14H,4-7,10-11H2,1-3H3. The topological polar surface area (TPSA) is 68.7 Å². The van der Waals surface area contributed by atoms with Crippen LogP contribution < -0.4 is 0 Å². The van der Waals surface area contributed by atoms with E-state index < -0.39 is 0 Å². The van der Waals surface area contributed by atoms with Gasteiger partial charge >= 0.3 is 0 Å². The molecule has 1 unspecified atom stereocenters. The van der Waals surface area contributed by atoms with Gasteiger partial charge in [-0.25, -0.2) is 4.98 Å². The molecule has 0 saturated carbocycles. The van der Waals surface area contributed by atoms with Crippen molar-refractivity contribution in [2.75, 3.05) is 13.7 Å². The number of ether oxygens (including phenoxy) is 1. The van der Waals surface area contributed by atoms with Crippen molar-refractivity contribution in [3.05, 3.63) is 41.0 Å². The minimum Gasteiger partial charge on any atom is -0.461 e. The second kappa shape index (κ2) is 7.21. The van der Waals surface area contributed by atoms with Crippen LogP contribution in [0.2, 0.25) is 0 Å². The van der Waals surface area contributed by atoms with E-state index in [2.05, 4.69) is 11.9 Å². The Hall–Kier alpha value is -2.08. The van der Waals surface area contributed by atoms with Crippen molar-refractivity contribution in [1.29, 1.82) is 0 Å². The third-order valence-electron chi connectivity index (χ3n) is 4.31. The summed E-state index contributed by atoms with van der Waals surface area (Å²) < 4.78 is 16.6. The van der Waals surface area contributed by atoms with Crippen molar-refractivity contribution in [3.63, 3.8) is 0 Å². The lowest BCUT2D eigenvalue weighted by molar-refractivity contribution is 0.0680. The van der Waals surface area contributed by atoms with Gasteiger partial charge in [0.15, 0.2) is 5.89 Å². The molecular weight excluding hydrogens is 308 g/mol. The quantitative estimate of drug-likeness (QED) is 0.807. The first-order valence-corrected chi connectivity index (χ1v) is 8.48. The molecule has 1 amide bonds. The number of hydrogen-bond donors (Lipinski definition) is 0. The number of oxazole rings is 1. The zero-order valence-corrected chi connectivity index (χ0v) is 14.5. The molecule has 24 heavy (non-hydrogen) atoms. The van der Waals surface area contributed by atoms with Crippen LogP contribution in [0.3, 0.4) is 0 Å². The van der Waals surface area contributed by atoms with Crippen LogP contribution in [0.1, 0.15) is 65.9 Å². The predicted molar refractivity (Wildman–Crippen MR) is 87.7 cm³/mol. The summed E-state index contributed by atoms with van der Waals surface area (Å²) >= 11 is 0. The molecular formula is C18H24N2O4. The summed E-state index contributed by atoms with van der Waals surface area (Å²) in [6.07, 6.45) is 3.52. The first kappa shape index (κ1) is 16.8. The second-order valence-electron chi connectivity index (χ2n) is 6.17. The van der Waals surface area contributed by atoms with Crippen LogP contribution in [0.5, 0.6) is 0 Å². The molecule has 0 bridgehead atoms. The van der Waals surface area contributed by atoms with Gasteiger partial charge in [-0.05, 0) is 38.3 Å². The average Bonchev–Trinajstić information content (AvgIpc) is 3.26. The maximum Gasteiger partial charge on any atom is 0.292 e. The van der Waals surface area contributed by atoms with E-state index in [1.807, 2.05) is 24.0 Å². The van der Waals surface area contributed by atoms with E-state index in [1.54, 1.807) is 7.11 Å². The van der Waals surface area contributed by atoms with Gasteiger partial charge < -0.3 is 18.5 Å². The van der Waals surface area contributed by atoms with E-state index in [0.717, 1.165) is 37.2 Å². The number of nitrogens with zero attached hydrogens (tertiary/aromatic N) is 2. The first-order chi connectivity index (χ1) is 11.6. The van der Waals surface area contributed by atoms with Gasteiger partial charge in [-0.3, -0.25) is 4.79 Å². The summed E-state index contributed by atoms with van der Waals surface area (Å²) in [5, 5.41) is 0. The van der Waals surface area contributed by atoms with Gasteiger partial charge in [-0.2, -0.15) is 0 Å². The van der Waals surface area contributed by atoms with Gasteiger partial charge in [0.2, 0.25) is 5.76 Å². The van der Waals surface area contributed by atoms with E-state index in [1.165, 1.54) is 0 Å². The number of carbonyl (C=O) groups excluding carboxylic acids is 1. The monoisotopic (exact) mass is 332 g/mol. The minimum atomic E-state index is -0.102. The van der Waals surface area contributed by atoms with Gasteiger partial charge in [0.1, 0.15) is 18.1 Å². The maximum absolute atomic E-state index is 12.9. The fourth-order valence-corrected chi connectivity index (χ4v) is 3.20. The number of rotatable bonds is 6. The molecule has 0 aliphatic carbocycles. The van der Waals surface area contributed by atoms with Gasteiger partial charge in [-0.15, -0.1) is 0 Å². The molecule has 6 nitrogen and oxygen atoms in total. The molecule has 1 aliphatic heterocycles.